The van der Waals surface area contributed by atoms with Crippen molar-refractivity contribution >= 4 is 0 Å². The maximum absolute atomic E-state index is 9.16. The van der Waals surface area contributed by atoms with Gasteiger partial charge in [0.15, 0.2) is 0 Å². The van der Waals surface area contributed by atoms with E-state index in [-0.39, 0.29) is 0 Å². The number of hydrogen-bond donors (Lipinski definition) is 1. The van der Waals surface area contributed by atoms with Crippen LogP contribution < -0.4 is 5.73 Å². The molecule has 1 aliphatic rings. The highest BCUT2D eigenvalue weighted by Crippen LogP contribution is 2.36. The lowest BCUT2D eigenvalue weighted by Gasteiger charge is -2.22. The molecule has 1 heterocycles. The highest BCUT2D eigenvalue weighted by atomic mass is 15.2. The van der Waals surface area contributed by atoms with Crippen LogP contribution in [0, 0.1) is 31.1 Å². The van der Waals surface area contributed by atoms with Crippen molar-refractivity contribution in [2.45, 2.75) is 26.3 Å². The quantitative estimate of drug-likeness (QED) is 0.865. The molecular formula is C15H21N3. The highest BCUT2D eigenvalue weighted by molar-refractivity contribution is 5.45. The Hall–Kier alpha value is -1.37. The summed E-state index contributed by atoms with van der Waals surface area (Å²) in [6.07, 6.45) is 1.10. The van der Waals surface area contributed by atoms with Crippen molar-refractivity contribution in [2.75, 3.05) is 20.1 Å². The first-order valence-electron chi connectivity index (χ1n) is 6.48. The number of nitrogens with zero attached hydrogens (tertiary/aromatic N) is 2. The number of aryl methyl sites for hydroxylation is 2. The fraction of sp³-hybridized carbons (Fsp3) is 0.533. The molecule has 0 saturated carbocycles. The minimum Gasteiger partial charge on any atom is -0.330 e. The molecule has 2 N–H and O–H groups in total. The van der Waals surface area contributed by atoms with Crippen LogP contribution in [0.4, 0.5) is 0 Å². The standard InChI is InChI=1S/C15H21N3/c1-10-4-11(2)14(6-13(10)8-17)15-5-12(7-16)9-18(15)3/h4,6,12,15H,5,7,9,16H2,1-3H3. The number of nitriles is 1. The number of benzene rings is 1. The molecule has 2 rings (SSSR count). The lowest BCUT2D eigenvalue weighted by molar-refractivity contribution is 0.313. The summed E-state index contributed by atoms with van der Waals surface area (Å²) in [5, 5.41) is 9.16. The van der Waals surface area contributed by atoms with Crippen LogP contribution >= 0.6 is 0 Å². The molecule has 1 aromatic rings. The van der Waals surface area contributed by atoms with Crippen molar-refractivity contribution < 1.29 is 0 Å². The van der Waals surface area contributed by atoms with Gasteiger partial charge in [-0.1, -0.05) is 6.07 Å². The third kappa shape index (κ3) is 2.27. The molecular weight excluding hydrogens is 222 g/mol. The molecule has 2 unspecified atom stereocenters. The van der Waals surface area contributed by atoms with E-state index in [1.807, 2.05) is 6.92 Å². The summed E-state index contributed by atoms with van der Waals surface area (Å²) in [5.74, 6) is 0.575. The zero-order valence-electron chi connectivity index (χ0n) is 11.4. The van der Waals surface area contributed by atoms with Crippen LogP contribution in [0.25, 0.3) is 0 Å². The SMILES string of the molecule is Cc1cc(C)c(C2CC(CN)CN2C)cc1C#N. The molecule has 1 aliphatic heterocycles. The number of rotatable bonds is 2. The van der Waals surface area contributed by atoms with E-state index in [1.165, 1.54) is 11.1 Å². The van der Waals surface area contributed by atoms with E-state index in [0.29, 0.717) is 12.0 Å². The van der Waals surface area contributed by atoms with Gasteiger partial charge in [-0.25, -0.2) is 0 Å². The van der Waals surface area contributed by atoms with Crippen molar-refractivity contribution in [1.82, 2.24) is 4.90 Å². The first-order valence-corrected chi connectivity index (χ1v) is 6.48. The summed E-state index contributed by atoms with van der Waals surface area (Å²) in [4.78, 5) is 2.36. The first kappa shape index (κ1) is 13.1. The molecule has 0 aliphatic carbocycles. The summed E-state index contributed by atoms with van der Waals surface area (Å²) < 4.78 is 0. The maximum Gasteiger partial charge on any atom is 0.0994 e. The Morgan fingerprint density at radius 3 is 2.67 bits per heavy atom. The van der Waals surface area contributed by atoms with Gasteiger partial charge in [0.25, 0.3) is 0 Å². The van der Waals surface area contributed by atoms with Crippen LogP contribution in [-0.4, -0.2) is 25.0 Å². The minimum atomic E-state index is 0.409. The van der Waals surface area contributed by atoms with Crippen LogP contribution in [0.15, 0.2) is 12.1 Å². The largest absolute Gasteiger partial charge is 0.330 e. The molecule has 2 atom stereocenters. The van der Waals surface area contributed by atoms with Gasteiger partial charge >= 0.3 is 0 Å². The Morgan fingerprint density at radius 2 is 2.11 bits per heavy atom. The van der Waals surface area contributed by atoms with E-state index < -0.39 is 0 Å². The van der Waals surface area contributed by atoms with Gasteiger partial charge < -0.3 is 5.73 Å². The zero-order valence-corrected chi connectivity index (χ0v) is 11.4. The van der Waals surface area contributed by atoms with Crippen molar-refractivity contribution in [3.05, 3.63) is 34.4 Å². The van der Waals surface area contributed by atoms with E-state index in [1.54, 1.807) is 0 Å². The fourth-order valence-electron chi connectivity index (χ4n) is 2.99. The van der Waals surface area contributed by atoms with E-state index >= 15 is 0 Å². The summed E-state index contributed by atoms with van der Waals surface area (Å²) >= 11 is 0. The third-order valence-electron chi connectivity index (χ3n) is 4.06. The summed E-state index contributed by atoms with van der Waals surface area (Å²) in [6.45, 7) is 5.93. The van der Waals surface area contributed by atoms with E-state index in [0.717, 1.165) is 30.6 Å². The van der Waals surface area contributed by atoms with Gasteiger partial charge in [-0.3, -0.25) is 4.90 Å². The summed E-state index contributed by atoms with van der Waals surface area (Å²) in [7, 11) is 2.14. The predicted octanol–water partition coefficient (Wildman–Crippen LogP) is 2.13. The predicted molar refractivity (Wildman–Crippen MR) is 73.2 cm³/mol. The molecule has 0 amide bonds. The molecule has 96 valence electrons. The van der Waals surface area contributed by atoms with Crippen LogP contribution in [-0.2, 0) is 0 Å². The lowest BCUT2D eigenvalue weighted by atomic mass is 9.93. The van der Waals surface area contributed by atoms with Crippen molar-refractivity contribution in [3.63, 3.8) is 0 Å². The van der Waals surface area contributed by atoms with E-state index in [2.05, 4.69) is 37.1 Å². The van der Waals surface area contributed by atoms with Gasteiger partial charge in [0.1, 0.15) is 0 Å². The van der Waals surface area contributed by atoms with Gasteiger partial charge in [-0.05, 0) is 62.5 Å². The second-order valence-electron chi connectivity index (χ2n) is 5.43. The Morgan fingerprint density at radius 1 is 1.39 bits per heavy atom. The van der Waals surface area contributed by atoms with Gasteiger partial charge in [0.05, 0.1) is 11.6 Å². The minimum absolute atomic E-state index is 0.409. The third-order valence-corrected chi connectivity index (χ3v) is 4.06. The molecule has 0 spiro atoms. The van der Waals surface area contributed by atoms with Gasteiger partial charge in [0.2, 0.25) is 0 Å². The second-order valence-corrected chi connectivity index (χ2v) is 5.43. The molecule has 3 nitrogen and oxygen atoms in total. The lowest BCUT2D eigenvalue weighted by Crippen LogP contribution is -2.21. The smallest absolute Gasteiger partial charge is 0.0994 e. The number of hydrogen-bond acceptors (Lipinski definition) is 3. The number of likely N-dealkylation sites (tertiary alicyclic amines) is 1. The molecule has 18 heavy (non-hydrogen) atoms. The molecule has 3 heteroatoms. The first-order chi connectivity index (χ1) is 8.56. The Labute approximate surface area is 109 Å². The Kier molecular flexibility index (Phi) is 3.70. The summed E-state index contributed by atoms with van der Waals surface area (Å²) in [5.41, 5.74) is 10.2. The van der Waals surface area contributed by atoms with Crippen molar-refractivity contribution in [2.24, 2.45) is 11.7 Å². The zero-order chi connectivity index (χ0) is 13.3. The van der Waals surface area contributed by atoms with Gasteiger partial charge in [-0.2, -0.15) is 5.26 Å². The average Bonchev–Trinajstić information content (AvgIpc) is 2.71. The monoisotopic (exact) mass is 243 g/mol. The number of nitrogens with two attached hydrogens (primary N) is 1. The fourth-order valence-corrected chi connectivity index (χ4v) is 2.99. The van der Waals surface area contributed by atoms with Crippen molar-refractivity contribution in [1.29, 1.82) is 5.26 Å². The van der Waals surface area contributed by atoms with Crippen LogP contribution in [0.5, 0.6) is 0 Å². The van der Waals surface area contributed by atoms with Gasteiger partial charge in [-0.15, -0.1) is 0 Å². The average molecular weight is 243 g/mol. The van der Waals surface area contributed by atoms with Crippen molar-refractivity contribution in [3.8, 4) is 6.07 Å². The molecule has 1 aromatic carbocycles. The molecule has 1 fully saturated rings. The van der Waals surface area contributed by atoms with E-state index in [9.17, 15) is 0 Å². The van der Waals surface area contributed by atoms with Crippen LogP contribution in [0.1, 0.15) is 34.7 Å². The molecule has 0 bridgehead atoms. The summed E-state index contributed by atoms with van der Waals surface area (Å²) in [6, 6.07) is 6.87. The second kappa shape index (κ2) is 5.09. The highest BCUT2D eigenvalue weighted by Gasteiger charge is 2.30. The van der Waals surface area contributed by atoms with Crippen LogP contribution in [0.2, 0.25) is 0 Å². The maximum atomic E-state index is 9.16. The normalized spacial score (nSPS) is 24.2. The molecule has 0 radical (unpaired) electrons. The molecule has 0 aromatic heterocycles. The topological polar surface area (TPSA) is 53.0 Å². The Balaban J connectivity index is 2.37. The van der Waals surface area contributed by atoms with Crippen LogP contribution in [0.3, 0.4) is 0 Å². The Bertz CT molecular complexity index is 487. The van der Waals surface area contributed by atoms with Gasteiger partial charge in [0, 0.05) is 12.6 Å². The molecule has 1 saturated heterocycles. The van der Waals surface area contributed by atoms with E-state index in [4.69, 9.17) is 11.0 Å².